The summed E-state index contributed by atoms with van der Waals surface area (Å²) in [5.41, 5.74) is 4.08. The molecule has 1 aliphatic heterocycles. The van der Waals surface area contributed by atoms with E-state index >= 15 is 0 Å². The van der Waals surface area contributed by atoms with E-state index in [1.165, 1.54) is 0 Å². The Labute approximate surface area is 144 Å². The van der Waals surface area contributed by atoms with Gasteiger partial charge in [-0.05, 0) is 36.2 Å². The normalized spacial score (nSPS) is 16.4. The third-order valence-electron chi connectivity index (χ3n) is 4.29. The SMILES string of the molecule is Cc1ccn2cc(CNC(=O)C3Cc4ccccc4C(=O)O3)nc2c1. The lowest BCUT2D eigenvalue weighted by atomic mass is 9.98. The number of pyridine rings is 1. The van der Waals surface area contributed by atoms with Crippen molar-refractivity contribution in [3.05, 3.63) is 71.2 Å². The molecule has 1 aromatic carbocycles. The predicted octanol–water partition coefficient (Wildman–Crippen LogP) is 2.04. The number of esters is 1. The Morgan fingerprint density at radius 2 is 2.20 bits per heavy atom. The third kappa shape index (κ3) is 2.98. The fraction of sp³-hybridized carbons (Fsp3) is 0.211. The van der Waals surface area contributed by atoms with Gasteiger partial charge in [0.25, 0.3) is 5.91 Å². The number of ether oxygens (including phenoxy) is 1. The molecule has 0 spiro atoms. The lowest BCUT2D eigenvalue weighted by Gasteiger charge is -2.23. The van der Waals surface area contributed by atoms with E-state index in [1.807, 2.05) is 48.0 Å². The number of fused-ring (bicyclic) bond motifs is 2. The summed E-state index contributed by atoms with van der Waals surface area (Å²) in [5, 5.41) is 2.80. The van der Waals surface area contributed by atoms with E-state index < -0.39 is 12.1 Å². The number of benzene rings is 1. The lowest BCUT2D eigenvalue weighted by Crippen LogP contribution is -2.41. The van der Waals surface area contributed by atoms with Crippen LogP contribution in [0, 0.1) is 6.92 Å². The van der Waals surface area contributed by atoms with Crippen molar-refractivity contribution >= 4 is 17.5 Å². The van der Waals surface area contributed by atoms with E-state index in [9.17, 15) is 9.59 Å². The number of hydrogen-bond acceptors (Lipinski definition) is 4. The smallest absolute Gasteiger partial charge is 0.339 e. The zero-order valence-electron chi connectivity index (χ0n) is 13.7. The molecule has 0 saturated carbocycles. The van der Waals surface area contributed by atoms with Gasteiger partial charge in [0, 0.05) is 18.8 Å². The van der Waals surface area contributed by atoms with Crippen LogP contribution in [0.5, 0.6) is 0 Å². The molecular formula is C19H17N3O3. The molecule has 3 aromatic rings. The van der Waals surface area contributed by atoms with E-state index in [0.29, 0.717) is 12.0 Å². The fourth-order valence-electron chi connectivity index (χ4n) is 2.99. The summed E-state index contributed by atoms with van der Waals surface area (Å²) in [6.45, 7) is 2.29. The number of amides is 1. The fourth-order valence-corrected chi connectivity index (χ4v) is 2.99. The van der Waals surface area contributed by atoms with Crippen LogP contribution >= 0.6 is 0 Å². The van der Waals surface area contributed by atoms with Crippen LogP contribution in [0.3, 0.4) is 0 Å². The number of carbonyl (C=O) groups excluding carboxylic acids is 2. The molecule has 25 heavy (non-hydrogen) atoms. The second-order valence-corrected chi connectivity index (χ2v) is 6.17. The van der Waals surface area contributed by atoms with Crippen LogP contribution in [-0.2, 0) is 22.5 Å². The molecule has 0 radical (unpaired) electrons. The van der Waals surface area contributed by atoms with Crippen LogP contribution in [0.15, 0.2) is 48.8 Å². The maximum absolute atomic E-state index is 12.4. The van der Waals surface area contributed by atoms with E-state index in [2.05, 4.69) is 10.3 Å². The van der Waals surface area contributed by atoms with Crippen LogP contribution in [0.25, 0.3) is 5.65 Å². The Bertz CT molecular complexity index is 977. The number of nitrogens with one attached hydrogen (secondary N) is 1. The molecule has 126 valence electrons. The number of aryl methyl sites for hydroxylation is 1. The Hall–Kier alpha value is -3.15. The van der Waals surface area contributed by atoms with Crippen molar-refractivity contribution in [3.8, 4) is 0 Å². The molecular weight excluding hydrogens is 318 g/mol. The van der Waals surface area contributed by atoms with Crippen molar-refractivity contribution in [2.45, 2.75) is 26.0 Å². The topological polar surface area (TPSA) is 72.7 Å². The second kappa shape index (κ2) is 6.05. The van der Waals surface area contributed by atoms with E-state index in [0.717, 1.165) is 22.5 Å². The number of cyclic esters (lactones) is 1. The Morgan fingerprint density at radius 3 is 3.08 bits per heavy atom. The first kappa shape index (κ1) is 15.4. The molecule has 4 rings (SSSR count). The number of rotatable bonds is 3. The summed E-state index contributed by atoms with van der Waals surface area (Å²) in [7, 11) is 0. The van der Waals surface area contributed by atoms with Gasteiger partial charge in [-0.3, -0.25) is 4.79 Å². The zero-order chi connectivity index (χ0) is 17.4. The molecule has 1 N–H and O–H groups in total. The van der Waals surface area contributed by atoms with Crippen molar-refractivity contribution in [2.75, 3.05) is 0 Å². The van der Waals surface area contributed by atoms with Crippen LogP contribution < -0.4 is 5.32 Å². The van der Waals surface area contributed by atoms with Gasteiger partial charge in [0.05, 0.1) is 17.8 Å². The number of imidazole rings is 1. The van der Waals surface area contributed by atoms with E-state index in [4.69, 9.17) is 4.74 Å². The molecule has 2 aromatic heterocycles. The quantitative estimate of drug-likeness (QED) is 0.744. The molecule has 1 unspecified atom stereocenters. The first-order chi connectivity index (χ1) is 12.1. The Morgan fingerprint density at radius 1 is 1.36 bits per heavy atom. The number of hydrogen-bond donors (Lipinski definition) is 1. The molecule has 0 bridgehead atoms. The summed E-state index contributed by atoms with van der Waals surface area (Å²) >= 11 is 0. The standard InChI is InChI=1S/C19H17N3O3/c1-12-6-7-22-11-14(21-17(22)8-12)10-20-18(23)16-9-13-4-2-3-5-15(13)19(24)25-16/h2-8,11,16H,9-10H2,1H3,(H,20,23). The maximum Gasteiger partial charge on any atom is 0.339 e. The summed E-state index contributed by atoms with van der Waals surface area (Å²) in [5.74, 6) is -0.763. The van der Waals surface area contributed by atoms with Gasteiger partial charge in [0.15, 0.2) is 6.10 Å². The van der Waals surface area contributed by atoms with Crippen molar-refractivity contribution in [2.24, 2.45) is 0 Å². The van der Waals surface area contributed by atoms with Crippen molar-refractivity contribution in [3.63, 3.8) is 0 Å². The van der Waals surface area contributed by atoms with Gasteiger partial charge in [0.1, 0.15) is 5.65 Å². The number of carbonyl (C=O) groups is 2. The second-order valence-electron chi connectivity index (χ2n) is 6.17. The molecule has 1 aliphatic rings. The number of nitrogens with zero attached hydrogens (tertiary/aromatic N) is 2. The minimum absolute atomic E-state index is 0.287. The predicted molar refractivity (Wildman–Crippen MR) is 91.1 cm³/mol. The van der Waals surface area contributed by atoms with Gasteiger partial charge in [-0.1, -0.05) is 18.2 Å². The van der Waals surface area contributed by atoms with Crippen molar-refractivity contribution in [1.82, 2.24) is 14.7 Å². The largest absolute Gasteiger partial charge is 0.448 e. The van der Waals surface area contributed by atoms with Gasteiger partial charge in [-0.15, -0.1) is 0 Å². The highest BCUT2D eigenvalue weighted by Gasteiger charge is 2.30. The van der Waals surface area contributed by atoms with Gasteiger partial charge in [0.2, 0.25) is 0 Å². The molecule has 6 nitrogen and oxygen atoms in total. The average Bonchev–Trinajstić information content (AvgIpc) is 3.01. The third-order valence-corrected chi connectivity index (χ3v) is 4.29. The summed E-state index contributed by atoms with van der Waals surface area (Å²) in [6.07, 6.45) is 3.39. The Balaban J connectivity index is 1.44. The highest BCUT2D eigenvalue weighted by Crippen LogP contribution is 2.20. The van der Waals surface area contributed by atoms with Gasteiger partial charge in [-0.25, -0.2) is 9.78 Å². The van der Waals surface area contributed by atoms with Crippen molar-refractivity contribution < 1.29 is 14.3 Å². The van der Waals surface area contributed by atoms with Crippen LogP contribution in [0.4, 0.5) is 0 Å². The molecule has 1 atom stereocenters. The maximum atomic E-state index is 12.4. The van der Waals surface area contributed by atoms with Gasteiger partial charge < -0.3 is 14.5 Å². The first-order valence-electron chi connectivity index (χ1n) is 8.11. The van der Waals surface area contributed by atoms with E-state index in [1.54, 1.807) is 12.1 Å². The first-order valence-corrected chi connectivity index (χ1v) is 8.11. The Kier molecular flexibility index (Phi) is 3.72. The van der Waals surface area contributed by atoms with Gasteiger partial charge >= 0.3 is 5.97 Å². The van der Waals surface area contributed by atoms with Gasteiger partial charge in [-0.2, -0.15) is 0 Å². The molecule has 0 fully saturated rings. The minimum atomic E-state index is -0.804. The molecule has 3 heterocycles. The van der Waals surface area contributed by atoms with E-state index in [-0.39, 0.29) is 12.5 Å². The highest BCUT2D eigenvalue weighted by atomic mass is 16.5. The molecule has 1 amide bonds. The molecule has 0 saturated heterocycles. The van der Waals surface area contributed by atoms with Crippen LogP contribution in [-0.4, -0.2) is 27.4 Å². The lowest BCUT2D eigenvalue weighted by molar-refractivity contribution is -0.130. The van der Waals surface area contributed by atoms with Crippen LogP contribution in [0.1, 0.15) is 27.2 Å². The zero-order valence-corrected chi connectivity index (χ0v) is 13.7. The molecule has 6 heteroatoms. The summed E-state index contributed by atoms with van der Waals surface area (Å²) in [4.78, 5) is 28.9. The van der Waals surface area contributed by atoms with Crippen molar-refractivity contribution in [1.29, 1.82) is 0 Å². The monoisotopic (exact) mass is 335 g/mol. The summed E-state index contributed by atoms with van der Waals surface area (Å²) < 4.78 is 7.17. The average molecular weight is 335 g/mol. The highest BCUT2D eigenvalue weighted by molar-refractivity contribution is 5.95. The number of aromatic nitrogens is 2. The molecule has 0 aliphatic carbocycles. The summed E-state index contributed by atoms with van der Waals surface area (Å²) in [6, 6.07) is 11.2. The van der Waals surface area contributed by atoms with Crippen LogP contribution in [0.2, 0.25) is 0 Å². The minimum Gasteiger partial charge on any atom is -0.448 e.